The number of para-hydroxylation sites is 2. The Morgan fingerprint density at radius 1 is 1.33 bits per heavy atom. The lowest BCUT2D eigenvalue weighted by molar-refractivity contribution is 0.0526. The summed E-state index contributed by atoms with van der Waals surface area (Å²) >= 11 is 0. The molecule has 0 aromatic heterocycles. The van der Waals surface area contributed by atoms with Gasteiger partial charge in [0.2, 0.25) is 0 Å². The third kappa shape index (κ3) is 5.62. The van der Waals surface area contributed by atoms with Crippen LogP contribution in [0.5, 0.6) is 5.75 Å². The largest absolute Gasteiger partial charge is 0.495 e. The van der Waals surface area contributed by atoms with Gasteiger partial charge in [0.1, 0.15) is 11.4 Å². The van der Waals surface area contributed by atoms with E-state index in [1.807, 2.05) is 32.9 Å². The number of alkyl carbamates (subject to hydrolysis) is 1. The molecule has 1 saturated heterocycles. The Labute approximate surface area is 145 Å². The van der Waals surface area contributed by atoms with E-state index in [-0.39, 0.29) is 6.09 Å². The van der Waals surface area contributed by atoms with Crippen LogP contribution in [-0.2, 0) is 4.74 Å². The smallest absolute Gasteiger partial charge is 0.407 e. The fraction of sp³-hybridized carbons (Fsp3) is 0.632. The van der Waals surface area contributed by atoms with Crippen molar-refractivity contribution < 1.29 is 14.3 Å². The van der Waals surface area contributed by atoms with Gasteiger partial charge in [-0.15, -0.1) is 0 Å². The number of ether oxygens (including phenoxy) is 2. The lowest BCUT2D eigenvalue weighted by Crippen LogP contribution is -2.33. The Hall–Kier alpha value is -1.91. The van der Waals surface area contributed by atoms with Crippen molar-refractivity contribution in [2.75, 3.05) is 31.6 Å². The van der Waals surface area contributed by atoms with Crippen LogP contribution in [0.1, 0.15) is 40.0 Å². The first-order valence-electron chi connectivity index (χ1n) is 8.74. The summed E-state index contributed by atoms with van der Waals surface area (Å²) in [7, 11) is 1.72. The second-order valence-electron chi connectivity index (χ2n) is 7.34. The third-order valence-electron chi connectivity index (χ3n) is 4.17. The van der Waals surface area contributed by atoms with Gasteiger partial charge in [0.25, 0.3) is 0 Å². The average molecular weight is 334 g/mol. The van der Waals surface area contributed by atoms with Gasteiger partial charge in [0, 0.05) is 19.6 Å². The van der Waals surface area contributed by atoms with Crippen LogP contribution < -0.4 is 15.0 Å². The van der Waals surface area contributed by atoms with E-state index in [1.54, 1.807) is 7.11 Å². The number of hydrogen-bond acceptors (Lipinski definition) is 4. The molecule has 5 heteroatoms. The Balaban J connectivity index is 1.70. The zero-order valence-corrected chi connectivity index (χ0v) is 15.3. The lowest BCUT2D eigenvalue weighted by atomic mass is 10.0. The molecular formula is C19H30N2O3. The highest BCUT2D eigenvalue weighted by atomic mass is 16.6. The number of amides is 1. The summed E-state index contributed by atoms with van der Waals surface area (Å²) in [5.41, 5.74) is 0.736. The molecule has 0 aliphatic carbocycles. The Morgan fingerprint density at radius 3 is 2.79 bits per heavy atom. The van der Waals surface area contributed by atoms with Gasteiger partial charge >= 0.3 is 6.09 Å². The number of carbonyl (C=O) groups excluding carboxylic acids is 1. The zero-order valence-electron chi connectivity index (χ0n) is 15.3. The third-order valence-corrected chi connectivity index (χ3v) is 4.17. The van der Waals surface area contributed by atoms with Crippen molar-refractivity contribution in [1.82, 2.24) is 5.32 Å². The Kier molecular flexibility index (Phi) is 6.35. The minimum Gasteiger partial charge on any atom is -0.495 e. The van der Waals surface area contributed by atoms with Crippen molar-refractivity contribution in [3.63, 3.8) is 0 Å². The van der Waals surface area contributed by atoms with Gasteiger partial charge in [0.05, 0.1) is 12.8 Å². The summed E-state index contributed by atoms with van der Waals surface area (Å²) in [5, 5.41) is 2.83. The van der Waals surface area contributed by atoms with Crippen molar-refractivity contribution in [1.29, 1.82) is 0 Å². The van der Waals surface area contributed by atoms with Gasteiger partial charge in [-0.3, -0.25) is 0 Å². The molecule has 0 saturated carbocycles. The number of hydrogen-bond donors (Lipinski definition) is 1. The number of benzene rings is 1. The van der Waals surface area contributed by atoms with Crippen LogP contribution >= 0.6 is 0 Å². The Bertz CT molecular complexity index is 540. The van der Waals surface area contributed by atoms with E-state index in [9.17, 15) is 4.79 Å². The maximum atomic E-state index is 11.6. The Morgan fingerprint density at radius 2 is 2.08 bits per heavy atom. The van der Waals surface area contributed by atoms with Crippen molar-refractivity contribution >= 4 is 11.8 Å². The number of nitrogens with zero attached hydrogens (tertiary/aromatic N) is 1. The lowest BCUT2D eigenvalue weighted by Gasteiger charge is -2.21. The fourth-order valence-electron chi connectivity index (χ4n) is 3.07. The van der Waals surface area contributed by atoms with Crippen molar-refractivity contribution in [2.24, 2.45) is 5.92 Å². The number of nitrogens with one attached hydrogen (secondary N) is 1. The van der Waals surface area contributed by atoms with Crippen LogP contribution in [0, 0.1) is 5.92 Å². The molecule has 1 fully saturated rings. The standard InChI is InChI=1S/C19H30N2O3/c1-19(2,3)24-18(22)20-12-7-8-15-11-13-21(14-15)16-9-5-6-10-17(16)23-4/h5-6,9-10,15H,7-8,11-14H2,1-4H3,(H,20,22). The molecule has 1 amide bonds. The molecule has 1 aromatic rings. The SMILES string of the molecule is COc1ccccc1N1CCC(CCCNC(=O)OC(C)(C)C)C1. The summed E-state index contributed by atoms with van der Waals surface area (Å²) in [6.45, 7) is 8.39. The molecule has 1 atom stereocenters. The summed E-state index contributed by atoms with van der Waals surface area (Å²) in [4.78, 5) is 14.0. The van der Waals surface area contributed by atoms with Crippen molar-refractivity contribution in [3.8, 4) is 5.75 Å². The molecular weight excluding hydrogens is 304 g/mol. The molecule has 1 aliphatic rings. The van der Waals surface area contributed by atoms with E-state index in [4.69, 9.17) is 9.47 Å². The van der Waals surface area contributed by atoms with Gasteiger partial charge < -0.3 is 19.7 Å². The fourth-order valence-corrected chi connectivity index (χ4v) is 3.07. The van der Waals surface area contributed by atoms with Crippen LogP contribution in [0.25, 0.3) is 0 Å². The number of rotatable bonds is 6. The van der Waals surface area contributed by atoms with Gasteiger partial charge in [-0.05, 0) is 58.1 Å². The maximum absolute atomic E-state index is 11.6. The van der Waals surface area contributed by atoms with E-state index >= 15 is 0 Å². The van der Waals surface area contributed by atoms with Gasteiger partial charge in [-0.1, -0.05) is 12.1 Å². The van der Waals surface area contributed by atoms with Crippen LogP contribution in [0.15, 0.2) is 24.3 Å². The molecule has 24 heavy (non-hydrogen) atoms. The van der Waals surface area contributed by atoms with Crippen LogP contribution in [-0.4, -0.2) is 38.4 Å². The minimum atomic E-state index is -0.440. The first-order chi connectivity index (χ1) is 11.4. The molecule has 1 aliphatic heterocycles. The highest BCUT2D eigenvalue weighted by Gasteiger charge is 2.24. The molecule has 1 unspecified atom stereocenters. The van der Waals surface area contributed by atoms with E-state index in [0.717, 1.165) is 31.7 Å². The minimum absolute atomic E-state index is 0.329. The highest BCUT2D eigenvalue weighted by Crippen LogP contribution is 2.33. The summed E-state index contributed by atoms with van der Waals surface area (Å²) in [5.74, 6) is 1.60. The number of carbonyl (C=O) groups is 1. The van der Waals surface area contributed by atoms with Crippen molar-refractivity contribution in [3.05, 3.63) is 24.3 Å². The van der Waals surface area contributed by atoms with Crippen LogP contribution in [0.2, 0.25) is 0 Å². The quantitative estimate of drug-likeness (QED) is 0.803. The molecule has 134 valence electrons. The van der Waals surface area contributed by atoms with E-state index in [1.165, 1.54) is 12.1 Å². The first kappa shape index (κ1) is 18.4. The number of anilines is 1. The summed E-state index contributed by atoms with van der Waals surface area (Å²) in [6, 6.07) is 8.17. The normalized spacial score (nSPS) is 17.7. The van der Waals surface area contributed by atoms with E-state index in [2.05, 4.69) is 22.3 Å². The monoisotopic (exact) mass is 334 g/mol. The molecule has 0 radical (unpaired) electrons. The van der Waals surface area contributed by atoms with Crippen LogP contribution in [0.3, 0.4) is 0 Å². The molecule has 0 spiro atoms. The van der Waals surface area contributed by atoms with Crippen LogP contribution in [0.4, 0.5) is 10.5 Å². The van der Waals surface area contributed by atoms with Gasteiger partial charge in [-0.2, -0.15) is 0 Å². The molecule has 1 heterocycles. The molecule has 1 N–H and O–H groups in total. The first-order valence-corrected chi connectivity index (χ1v) is 8.74. The second kappa shape index (κ2) is 8.27. The predicted octanol–water partition coefficient (Wildman–Crippen LogP) is 3.83. The van der Waals surface area contributed by atoms with Crippen molar-refractivity contribution in [2.45, 2.75) is 45.6 Å². The topological polar surface area (TPSA) is 50.8 Å². The zero-order chi connectivity index (χ0) is 17.6. The maximum Gasteiger partial charge on any atom is 0.407 e. The second-order valence-corrected chi connectivity index (χ2v) is 7.34. The van der Waals surface area contributed by atoms with E-state index < -0.39 is 5.60 Å². The molecule has 1 aromatic carbocycles. The summed E-state index contributed by atoms with van der Waals surface area (Å²) in [6.07, 6.45) is 2.94. The predicted molar refractivity (Wildman–Crippen MR) is 96.8 cm³/mol. The average Bonchev–Trinajstić information content (AvgIpc) is 2.98. The number of methoxy groups -OCH3 is 1. The summed E-state index contributed by atoms with van der Waals surface area (Å²) < 4.78 is 10.7. The highest BCUT2D eigenvalue weighted by molar-refractivity contribution is 5.67. The molecule has 2 rings (SSSR count). The van der Waals surface area contributed by atoms with E-state index in [0.29, 0.717) is 12.5 Å². The van der Waals surface area contributed by atoms with Gasteiger partial charge in [-0.25, -0.2) is 4.79 Å². The molecule has 0 bridgehead atoms. The molecule has 5 nitrogen and oxygen atoms in total. The van der Waals surface area contributed by atoms with Gasteiger partial charge in [0.15, 0.2) is 0 Å².